The quantitative estimate of drug-likeness (QED) is 0.916. The van der Waals surface area contributed by atoms with Crippen molar-refractivity contribution in [3.63, 3.8) is 0 Å². The molecule has 0 spiro atoms. The van der Waals surface area contributed by atoms with Crippen LogP contribution in [0.4, 0.5) is 0 Å². The number of hydrogen-bond donors (Lipinski definition) is 1. The van der Waals surface area contributed by atoms with Crippen molar-refractivity contribution in [2.75, 3.05) is 0 Å². The van der Waals surface area contributed by atoms with E-state index in [4.69, 9.17) is 0 Å². The number of nitrogens with zero attached hydrogens (tertiary/aromatic N) is 2. The summed E-state index contributed by atoms with van der Waals surface area (Å²) in [6.45, 7) is 4.01. The lowest BCUT2D eigenvalue weighted by Crippen LogP contribution is -2.23. The minimum absolute atomic E-state index is 0.259. The van der Waals surface area contributed by atoms with Crippen LogP contribution in [0.2, 0.25) is 0 Å². The average Bonchev–Trinajstić information content (AvgIpc) is 2.41. The van der Waals surface area contributed by atoms with Crippen molar-refractivity contribution in [2.24, 2.45) is 7.05 Å². The highest BCUT2D eigenvalue weighted by molar-refractivity contribution is 5.59. The van der Waals surface area contributed by atoms with Crippen molar-refractivity contribution in [1.29, 1.82) is 0 Å². The molecule has 0 radical (unpaired) electrons. The maximum absolute atomic E-state index is 11.7. The Labute approximate surface area is 112 Å². The Morgan fingerprint density at radius 2 is 1.89 bits per heavy atom. The second-order valence-electron chi connectivity index (χ2n) is 4.92. The first-order valence-electron chi connectivity index (χ1n) is 6.31. The molecule has 1 aromatic heterocycles. The van der Waals surface area contributed by atoms with Gasteiger partial charge in [-0.1, -0.05) is 38.1 Å². The zero-order valence-corrected chi connectivity index (χ0v) is 11.4. The van der Waals surface area contributed by atoms with E-state index in [1.165, 1.54) is 10.2 Å². The van der Waals surface area contributed by atoms with Crippen LogP contribution in [-0.4, -0.2) is 14.9 Å². The molecule has 0 saturated heterocycles. The van der Waals surface area contributed by atoms with Crippen LogP contribution in [-0.2, 0) is 13.7 Å². The summed E-state index contributed by atoms with van der Waals surface area (Å²) in [5.41, 5.74) is 3.00. The van der Waals surface area contributed by atoms with Gasteiger partial charge in [-0.25, -0.2) is 4.68 Å². The highest BCUT2D eigenvalue weighted by Gasteiger charge is 2.07. The summed E-state index contributed by atoms with van der Waals surface area (Å²) in [6, 6.07) is 9.75. The second-order valence-corrected chi connectivity index (χ2v) is 4.92. The molecular formula is C15H18N2O2. The Morgan fingerprint density at radius 3 is 2.42 bits per heavy atom. The summed E-state index contributed by atoms with van der Waals surface area (Å²) in [4.78, 5) is 11.7. The van der Waals surface area contributed by atoms with E-state index >= 15 is 0 Å². The van der Waals surface area contributed by atoms with Gasteiger partial charge in [0, 0.05) is 18.2 Å². The van der Waals surface area contributed by atoms with E-state index in [0.29, 0.717) is 17.2 Å². The molecule has 2 aromatic rings. The average molecular weight is 258 g/mol. The van der Waals surface area contributed by atoms with Crippen LogP contribution in [0.3, 0.4) is 0 Å². The first-order valence-corrected chi connectivity index (χ1v) is 6.31. The van der Waals surface area contributed by atoms with Crippen LogP contribution in [0.5, 0.6) is 0 Å². The smallest absolute Gasteiger partial charge is 0.272 e. The van der Waals surface area contributed by atoms with Gasteiger partial charge >= 0.3 is 0 Å². The lowest BCUT2D eigenvalue weighted by atomic mass is 10.0. The van der Waals surface area contributed by atoms with Gasteiger partial charge in [0.25, 0.3) is 5.56 Å². The number of hydrogen-bond acceptors (Lipinski definition) is 3. The number of rotatable bonds is 3. The molecule has 0 aliphatic carbocycles. The van der Waals surface area contributed by atoms with E-state index in [-0.39, 0.29) is 12.2 Å². The lowest BCUT2D eigenvalue weighted by molar-refractivity contribution is 0.279. The van der Waals surface area contributed by atoms with Crippen molar-refractivity contribution >= 4 is 0 Å². The molecule has 19 heavy (non-hydrogen) atoms. The fraction of sp³-hybridized carbons (Fsp3) is 0.333. The van der Waals surface area contributed by atoms with Gasteiger partial charge in [-0.05, 0) is 17.5 Å². The molecule has 4 heteroatoms. The number of benzene rings is 1. The first kappa shape index (κ1) is 13.5. The van der Waals surface area contributed by atoms with E-state index < -0.39 is 0 Å². The molecule has 1 N–H and O–H groups in total. The van der Waals surface area contributed by atoms with Crippen LogP contribution in [0.1, 0.15) is 30.9 Å². The summed E-state index contributed by atoms with van der Waals surface area (Å²) >= 11 is 0. The highest BCUT2D eigenvalue weighted by atomic mass is 16.3. The highest BCUT2D eigenvalue weighted by Crippen LogP contribution is 2.21. The van der Waals surface area contributed by atoms with Crippen molar-refractivity contribution in [2.45, 2.75) is 26.4 Å². The fourth-order valence-electron chi connectivity index (χ4n) is 1.96. The fourth-order valence-corrected chi connectivity index (χ4v) is 1.96. The Bertz CT molecular complexity index is 628. The zero-order valence-electron chi connectivity index (χ0n) is 11.4. The summed E-state index contributed by atoms with van der Waals surface area (Å²) in [7, 11) is 1.59. The maximum atomic E-state index is 11.7. The molecule has 100 valence electrons. The summed E-state index contributed by atoms with van der Waals surface area (Å²) in [6.07, 6.45) is 0. The summed E-state index contributed by atoms with van der Waals surface area (Å²) in [5, 5.41) is 13.4. The molecule has 0 saturated carbocycles. The Morgan fingerprint density at radius 1 is 1.26 bits per heavy atom. The molecule has 0 aliphatic rings. The van der Waals surface area contributed by atoms with Crippen molar-refractivity contribution in [3.05, 3.63) is 51.8 Å². The number of aromatic nitrogens is 2. The van der Waals surface area contributed by atoms with Crippen LogP contribution in [0.15, 0.2) is 35.1 Å². The topological polar surface area (TPSA) is 55.1 Å². The minimum atomic E-state index is -0.272. The monoisotopic (exact) mass is 258 g/mol. The summed E-state index contributed by atoms with van der Waals surface area (Å²) in [5.74, 6) is 0.482. The number of aryl methyl sites for hydroxylation is 1. The van der Waals surface area contributed by atoms with E-state index in [9.17, 15) is 9.90 Å². The zero-order chi connectivity index (χ0) is 14.0. The molecule has 0 amide bonds. The van der Waals surface area contributed by atoms with Gasteiger partial charge < -0.3 is 5.11 Å². The lowest BCUT2D eigenvalue weighted by Gasteiger charge is -2.08. The van der Waals surface area contributed by atoms with E-state index in [0.717, 1.165) is 5.56 Å². The number of aliphatic hydroxyl groups excluding tert-OH is 1. The second kappa shape index (κ2) is 5.36. The Hall–Kier alpha value is -1.94. The van der Waals surface area contributed by atoms with E-state index in [1.807, 2.05) is 12.1 Å². The van der Waals surface area contributed by atoms with Gasteiger partial charge in [-0.3, -0.25) is 4.79 Å². The van der Waals surface area contributed by atoms with Crippen molar-refractivity contribution < 1.29 is 5.11 Å². The molecule has 1 heterocycles. The van der Waals surface area contributed by atoms with Gasteiger partial charge in [-0.2, -0.15) is 5.10 Å². The molecule has 0 atom stereocenters. The van der Waals surface area contributed by atoms with Gasteiger partial charge in [0.2, 0.25) is 0 Å². The van der Waals surface area contributed by atoms with Crippen LogP contribution in [0, 0.1) is 0 Å². The molecule has 0 fully saturated rings. The molecule has 0 unspecified atom stereocenters. The van der Waals surface area contributed by atoms with Crippen LogP contribution < -0.4 is 5.56 Å². The molecule has 4 nitrogen and oxygen atoms in total. The predicted octanol–water partition coefficient (Wildman–Crippen LogP) is 2.06. The standard InChI is InChI=1S/C15H18N2O2/c1-10(2)11-4-6-12(7-5-11)14-8-13(9-18)15(19)17(3)16-14/h4-8,10,18H,9H2,1-3H3. The van der Waals surface area contributed by atoms with Gasteiger partial charge in [0.15, 0.2) is 0 Å². The van der Waals surface area contributed by atoms with E-state index in [1.54, 1.807) is 13.1 Å². The van der Waals surface area contributed by atoms with E-state index in [2.05, 4.69) is 31.1 Å². The number of aliphatic hydroxyl groups is 1. The predicted molar refractivity (Wildman–Crippen MR) is 74.9 cm³/mol. The van der Waals surface area contributed by atoms with Gasteiger partial charge in [0.05, 0.1) is 12.3 Å². The Kier molecular flexibility index (Phi) is 3.81. The molecular weight excluding hydrogens is 240 g/mol. The summed E-state index contributed by atoms with van der Waals surface area (Å²) < 4.78 is 1.26. The molecule has 2 rings (SSSR count). The molecule has 0 bridgehead atoms. The first-order chi connectivity index (χ1) is 9.02. The van der Waals surface area contributed by atoms with Crippen molar-refractivity contribution in [3.8, 4) is 11.3 Å². The molecule has 0 aliphatic heterocycles. The normalized spacial score (nSPS) is 11.0. The van der Waals surface area contributed by atoms with Crippen LogP contribution >= 0.6 is 0 Å². The van der Waals surface area contributed by atoms with Crippen molar-refractivity contribution in [1.82, 2.24) is 9.78 Å². The van der Waals surface area contributed by atoms with Gasteiger partial charge in [0.1, 0.15) is 0 Å². The third-order valence-electron chi connectivity index (χ3n) is 3.18. The Balaban J connectivity index is 2.47. The van der Waals surface area contributed by atoms with Crippen LogP contribution in [0.25, 0.3) is 11.3 Å². The maximum Gasteiger partial charge on any atom is 0.272 e. The largest absolute Gasteiger partial charge is 0.391 e. The SMILES string of the molecule is CC(C)c1ccc(-c2cc(CO)c(=O)n(C)n2)cc1. The third kappa shape index (κ3) is 2.74. The third-order valence-corrected chi connectivity index (χ3v) is 3.18. The van der Waals surface area contributed by atoms with Gasteiger partial charge in [-0.15, -0.1) is 0 Å². The minimum Gasteiger partial charge on any atom is -0.391 e. The molecule has 1 aromatic carbocycles.